The van der Waals surface area contributed by atoms with Crippen molar-refractivity contribution in [2.24, 2.45) is 13.0 Å². The van der Waals surface area contributed by atoms with Crippen molar-refractivity contribution in [3.05, 3.63) is 47.8 Å². The quantitative estimate of drug-likeness (QED) is 0.942. The number of benzene rings is 1. The molecule has 1 N–H and O–H groups in total. The molecule has 0 bridgehead atoms. The normalized spacial score (nSPS) is 16.7. The lowest BCUT2D eigenvalue weighted by molar-refractivity contribution is 0.0594. The largest absolute Gasteiger partial charge is 0.381 e. The molecule has 0 spiro atoms. The maximum atomic E-state index is 13.9. The fraction of sp³-hybridized carbons (Fsp3) is 0.412. The molecule has 1 atom stereocenters. The smallest absolute Gasteiger partial charge is 0.143 e. The van der Waals surface area contributed by atoms with Crippen LogP contribution in [0.2, 0.25) is 0 Å². The van der Waals surface area contributed by atoms with Gasteiger partial charge in [0, 0.05) is 32.7 Å². The SMILES string of the molecule is Cn1ccnc1C(Nc1cccc(F)c1C#N)C1CCOCC1. The zero-order valence-corrected chi connectivity index (χ0v) is 13.0. The van der Waals surface area contributed by atoms with Gasteiger partial charge in [-0.1, -0.05) is 6.07 Å². The van der Waals surface area contributed by atoms with Crippen molar-refractivity contribution in [2.75, 3.05) is 18.5 Å². The third-order valence-corrected chi connectivity index (χ3v) is 4.31. The summed E-state index contributed by atoms with van der Waals surface area (Å²) in [4.78, 5) is 4.45. The predicted molar refractivity (Wildman–Crippen MR) is 84.2 cm³/mol. The molecule has 6 heteroatoms. The van der Waals surface area contributed by atoms with E-state index in [4.69, 9.17) is 4.74 Å². The maximum absolute atomic E-state index is 13.9. The highest BCUT2D eigenvalue weighted by Gasteiger charge is 2.29. The molecule has 2 heterocycles. The Labute approximate surface area is 134 Å². The minimum Gasteiger partial charge on any atom is -0.381 e. The number of halogens is 1. The summed E-state index contributed by atoms with van der Waals surface area (Å²) in [5.41, 5.74) is 0.547. The van der Waals surface area contributed by atoms with Gasteiger partial charge in [-0.2, -0.15) is 5.26 Å². The van der Waals surface area contributed by atoms with E-state index in [9.17, 15) is 9.65 Å². The number of nitrogens with zero attached hydrogens (tertiary/aromatic N) is 3. The first-order chi connectivity index (χ1) is 11.2. The lowest BCUT2D eigenvalue weighted by Crippen LogP contribution is -2.29. The molecule has 0 amide bonds. The van der Waals surface area contributed by atoms with E-state index < -0.39 is 5.82 Å². The minimum absolute atomic E-state index is 0.0405. The van der Waals surface area contributed by atoms with Gasteiger partial charge in [0.2, 0.25) is 0 Å². The van der Waals surface area contributed by atoms with Crippen LogP contribution in [0.25, 0.3) is 0 Å². The molecule has 0 saturated carbocycles. The van der Waals surface area contributed by atoms with Crippen LogP contribution < -0.4 is 5.32 Å². The number of anilines is 1. The second-order valence-corrected chi connectivity index (χ2v) is 5.74. The van der Waals surface area contributed by atoms with Gasteiger partial charge in [0.1, 0.15) is 23.3 Å². The van der Waals surface area contributed by atoms with Gasteiger partial charge in [-0.3, -0.25) is 0 Å². The summed E-state index contributed by atoms with van der Waals surface area (Å²) in [6, 6.07) is 6.49. The van der Waals surface area contributed by atoms with Crippen LogP contribution in [0.15, 0.2) is 30.6 Å². The van der Waals surface area contributed by atoms with E-state index in [1.54, 1.807) is 18.3 Å². The lowest BCUT2D eigenvalue weighted by Gasteiger charge is -2.31. The average molecular weight is 314 g/mol. The van der Waals surface area contributed by atoms with Gasteiger partial charge in [-0.25, -0.2) is 9.37 Å². The molecule has 1 aromatic heterocycles. The second kappa shape index (κ2) is 6.80. The second-order valence-electron chi connectivity index (χ2n) is 5.74. The molecule has 1 saturated heterocycles. The van der Waals surface area contributed by atoms with Crippen LogP contribution in [0.4, 0.5) is 10.1 Å². The molecular formula is C17H19FN4O. The highest BCUT2D eigenvalue weighted by atomic mass is 19.1. The number of rotatable bonds is 4. The predicted octanol–water partition coefficient (Wildman–Crippen LogP) is 3.01. The zero-order valence-electron chi connectivity index (χ0n) is 13.0. The summed E-state index contributed by atoms with van der Waals surface area (Å²) in [6.07, 6.45) is 5.45. The molecule has 1 aromatic carbocycles. The lowest BCUT2D eigenvalue weighted by atomic mass is 9.90. The van der Waals surface area contributed by atoms with Crippen LogP contribution in [0.3, 0.4) is 0 Å². The number of aromatic nitrogens is 2. The van der Waals surface area contributed by atoms with E-state index in [1.165, 1.54) is 6.07 Å². The third-order valence-electron chi connectivity index (χ3n) is 4.31. The number of aryl methyl sites for hydroxylation is 1. The van der Waals surface area contributed by atoms with E-state index in [1.807, 2.05) is 23.9 Å². The van der Waals surface area contributed by atoms with Crippen LogP contribution in [0.5, 0.6) is 0 Å². The fourth-order valence-electron chi connectivity index (χ4n) is 3.04. The summed E-state index contributed by atoms with van der Waals surface area (Å²) in [5, 5.41) is 12.6. The fourth-order valence-corrected chi connectivity index (χ4v) is 3.04. The van der Waals surface area contributed by atoms with Crippen LogP contribution in [-0.2, 0) is 11.8 Å². The first-order valence-corrected chi connectivity index (χ1v) is 7.71. The van der Waals surface area contributed by atoms with Gasteiger partial charge in [0.15, 0.2) is 0 Å². The van der Waals surface area contributed by atoms with E-state index in [-0.39, 0.29) is 11.6 Å². The van der Waals surface area contributed by atoms with E-state index in [2.05, 4.69) is 10.3 Å². The van der Waals surface area contributed by atoms with Gasteiger partial charge in [-0.05, 0) is 30.9 Å². The van der Waals surface area contributed by atoms with E-state index in [0.29, 0.717) is 24.8 Å². The maximum Gasteiger partial charge on any atom is 0.143 e. The van der Waals surface area contributed by atoms with E-state index >= 15 is 0 Å². The van der Waals surface area contributed by atoms with Crippen LogP contribution in [0.1, 0.15) is 30.3 Å². The number of nitriles is 1. The van der Waals surface area contributed by atoms with Gasteiger partial charge in [0.25, 0.3) is 0 Å². The number of ether oxygens (including phenoxy) is 1. The Morgan fingerprint density at radius 3 is 2.87 bits per heavy atom. The third kappa shape index (κ3) is 3.20. The van der Waals surface area contributed by atoms with Gasteiger partial charge in [-0.15, -0.1) is 0 Å². The Bertz CT molecular complexity index is 716. The summed E-state index contributed by atoms with van der Waals surface area (Å²) >= 11 is 0. The molecule has 3 rings (SSSR count). The molecule has 1 fully saturated rings. The number of hydrogen-bond acceptors (Lipinski definition) is 4. The standard InChI is InChI=1S/C17H19FN4O/c1-22-8-7-20-17(22)16(12-5-9-23-10-6-12)21-15-4-2-3-14(18)13(15)11-19/h2-4,7-8,12,16,21H,5-6,9-10H2,1H3. The van der Waals surface area contributed by atoms with E-state index in [0.717, 1.165) is 18.7 Å². The van der Waals surface area contributed by atoms with Crippen molar-refractivity contribution in [3.8, 4) is 6.07 Å². The summed E-state index contributed by atoms with van der Waals surface area (Å²) in [7, 11) is 1.94. The molecule has 5 nitrogen and oxygen atoms in total. The first kappa shape index (κ1) is 15.5. The molecule has 1 unspecified atom stereocenters. The average Bonchev–Trinajstić information content (AvgIpc) is 2.99. The molecule has 120 valence electrons. The monoisotopic (exact) mass is 314 g/mol. The molecule has 1 aliphatic rings. The van der Waals surface area contributed by atoms with Crippen molar-refractivity contribution < 1.29 is 9.13 Å². The zero-order chi connectivity index (χ0) is 16.2. The molecule has 1 aliphatic heterocycles. The molecule has 0 aliphatic carbocycles. The van der Waals surface area contributed by atoms with Crippen LogP contribution in [-0.4, -0.2) is 22.8 Å². The first-order valence-electron chi connectivity index (χ1n) is 7.71. The Balaban J connectivity index is 1.95. The minimum atomic E-state index is -0.511. The molecule has 0 radical (unpaired) electrons. The number of imidazole rings is 1. The van der Waals surface area contributed by atoms with Crippen molar-refractivity contribution in [3.63, 3.8) is 0 Å². The highest BCUT2D eigenvalue weighted by Crippen LogP contribution is 2.33. The molecular weight excluding hydrogens is 295 g/mol. The molecule has 2 aromatic rings. The van der Waals surface area contributed by atoms with Crippen molar-refractivity contribution in [1.29, 1.82) is 5.26 Å². The van der Waals surface area contributed by atoms with Crippen molar-refractivity contribution in [1.82, 2.24) is 9.55 Å². The van der Waals surface area contributed by atoms with Crippen molar-refractivity contribution >= 4 is 5.69 Å². The van der Waals surface area contributed by atoms with Gasteiger partial charge in [0.05, 0.1) is 11.7 Å². The Morgan fingerprint density at radius 1 is 1.43 bits per heavy atom. The van der Waals surface area contributed by atoms with Crippen LogP contribution >= 0.6 is 0 Å². The Morgan fingerprint density at radius 2 is 2.22 bits per heavy atom. The van der Waals surface area contributed by atoms with Gasteiger partial charge < -0.3 is 14.6 Å². The summed E-state index contributed by atoms with van der Waals surface area (Å²) in [5.74, 6) is 0.688. The Kier molecular flexibility index (Phi) is 4.58. The molecule has 23 heavy (non-hydrogen) atoms. The topological polar surface area (TPSA) is 62.9 Å². The number of hydrogen-bond donors (Lipinski definition) is 1. The van der Waals surface area contributed by atoms with Gasteiger partial charge >= 0.3 is 0 Å². The van der Waals surface area contributed by atoms with Crippen molar-refractivity contribution in [2.45, 2.75) is 18.9 Å². The summed E-state index contributed by atoms with van der Waals surface area (Å²) < 4.78 is 21.3. The van der Waals surface area contributed by atoms with Crippen LogP contribution in [0, 0.1) is 23.1 Å². The number of nitrogens with one attached hydrogen (secondary N) is 1. The Hall–Kier alpha value is -2.39. The summed E-state index contributed by atoms with van der Waals surface area (Å²) in [6.45, 7) is 1.42. The highest BCUT2D eigenvalue weighted by molar-refractivity contribution is 5.58.